The van der Waals surface area contributed by atoms with E-state index in [1.807, 2.05) is 0 Å². The SMILES string of the molecule is CN(C(=O)C(F)(F)F)[C@@H]1CNCC12COC2. The lowest BCUT2D eigenvalue weighted by molar-refractivity contribution is -0.194. The zero-order chi connectivity index (χ0) is 12.0. The number of halogens is 3. The normalized spacial score (nSPS) is 27.9. The van der Waals surface area contributed by atoms with Crippen molar-refractivity contribution >= 4 is 5.91 Å². The summed E-state index contributed by atoms with van der Waals surface area (Å²) in [5, 5.41) is 3.01. The number of carbonyl (C=O) groups excluding carboxylic acids is 1. The molecule has 92 valence electrons. The van der Waals surface area contributed by atoms with E-state index in [1.54, 1.807) is 0 Å². The fourth-order valence-electron chi connectivity index (χ4n) is 2.34. The van der Waals surface area contributed by atoms with Gasteiger partial charge in [0.25, 0.3) is 0 Å². The van der Waals surface area contributed by atoms with E-state index >= 15 is 0 Å². The van der Waals surface area contributed by atoms with E-state index in [4.69, 9.17) is 4.74 Å². The van der Waals surface area contributed by atoms with Crippen molar-refractivity contribution in [2.24, 2.45) is 5.41 Å². The number of likely N-dealkylation sites (N-methyl/N-ethyl adjacent to an activating group) is 1. The average molecular weight is 238 g/mol. The molecule has 0 aromatic carbocycles. The lowest BCUT2D eigenvalue weighted by Gasteiger charge is -2.45. The van der Waals surface area contributed by atoms with Gasteiger partial charge in [0.15, 0.2) is 0 Å². The van der Waals surface area contributed by atoms with Crippen LogP contribution in [0, 0.1) is 5.41 Å². The summed E-state index contributed by atoms with van der Waals surface area (Å²) in [6, 6.07) is -0.435. The Labute approximate surface area is 90.7 Å². The molecule has 2 aliphatic heterocycles. The van der Waals surface area contributed by atoms with Crippen molar-refractivity contribution in [1.82, 2.24) is 10.2 Å². The summed E-state index contributed by atoms with van der Waals surface area (Å²) in [5.74, 6) is -1.78. The van der Waals surface area contributed by atoms with E-state index in [1.165, 1.54) is 7.05 Å². The minimum absolute atomic E-state index is 0.324. The fourth-order valence-corrected chi connectivity index (χ4v) is 2.34. The first-order valence-electron chi connectivity index (χ1n) is 4.99. The smallest absolute Gasteiger partial charge is 0.380 e. The van der Waals surface area contributed by atoms with Crippen molar-refractivity contribution in [3.8, 4) is 0 Å². The third-order valence-electron chi connectivity index (χ3n) is 3.33. The summed E-state index contributed by atoms with van der Waals surface area (Å²) >= 11 is 0. The summed E-state index contributed by atoms with van der Waals surface area (Å²) in [4.78, 5) is 11.9. The first-order chi connectivity index (χ1) is 7.37. The van der Waals surface area contributed by atoms with E-state index in [9.17, 15) is 18.0 Å². The highest BCUT2D eigenvalue weighted by atomic mass is 19.4. The number of rotatable bonds is 1. The predicted octanol–water partition coefficient (Wildman–Crippen LogP) is -0.00450. The molecule has 0 unspecified atom stereocenters. The van der Waals surface area contributed by atoms with Gasteiger partial charge in [-0.3, -0.25) is 4.79 Å². The Morgan fingerprint density at radius 2 is 2.12 bits per heavy atom. The molecule has 0 aromatic rings. The number of alkyl halides is 3. The molecular formula is C9H13F3N2O2. The van der Waals surface area contributed by atoms with Crippen LogP contribution in [0.4, 0.5) is 13.2 Å². The molecule has 0 aromatic heterocycles. The van der Waals surface area contributed by atoms with Gasteiger partial charge < -0.3 is 15.0 Å². The highest BCUT2D eigenvalue weighted by Crippen LogP contribution is 2.37. The van der Waals surface area contributed by atoms with Gasteiger partial charge in [-0.2, -0.15) is 13.2 Å². The van der Waals surface area contributed by atoms with Crippen LogP contribution in [0.5, 0.6) is 0 Å². The Kier molecular flexibility index (Phi) is 2.62. The number of amides is 1. The van der Waals surface area contributed by atoms with Gasteiger partial charge in [-0.05, 0) is 0 Å². The Morgan fingerprint density at radius 1 is 1.50 bits per heavy atom. The van der Waals surface area contributed by atoms with Gasteiger partial charge in [-0.15, -0.1) is 0 Å². The summed E-state index contributed by atoms with van der Waals surface area (Å²) in [5.41, 5.74) is -0.324. The van der Waals surface area contributed by atoms with Crippen LogP contribution in [0.15, 0.2) is 0 Å². The monoisotopic (exact) mass is 238 g/mol. The van der Waals surface area contributed by atoms with E-state index in [0.29, 0.717) is 26.3 Å². The average Bonchev–Trinajstić information content (AvgIpc) is 2.57. The molecule has 1 spiro atoms. The molecule has 16 heavy (non-hydrogen) atoms. The summed E-state index contributed by atoms with van der Waals surface area (Å²) in [6.07, 6.45) is -4.80. The highest BCUT2D eigenvalue weighted by Gasteiger charge is 2.54. The van der Waals surface area contributed by atoms with Crippen molar-refractivity contribution in [3.05, 3.63) is 0 Å². The molecule has 1 N–H and O–H groups in total. The van der Waals surface area contributed by atoms with Crippen LogP contribution < -0.4 is 5.32 Å². The van der Waals surface area contributed by atoms with Crippen LogP contribution in [0.2, 0.25) is 0 Å². The van der Waals surface area contributed by atoms with Crippen LogP contribution in [-0.2, 0) is 9.53 Å². The van der Waals surface area contributed by atoms with Gasteiger partial charge >= 0.3 is 12.1 Å². The topological polar surface area (TPSA) is 41.6 Å². The number of hydrogen-bond acceptors (Lipinski definition) is 3. The van der Waals surface area contributed by atoms with Crippen molar-refractivity contribution in [1.29, 1.82) is 0 Å². The standard InChI is InChI=1S/C9H13F3N2O2/c1-14(7(15)9(10,11)12)6-2-13-3-8(6)4-16-5-8/h6,13H,2-5H2,1H3/t6-/m1/s1. The van der Waals surface area contributed by atoms with Gasteiger partial charge in [0, 0.05) is 20.1 Å². The van der Waals surface area contributed by atoms with Gasteiger partial charge in [-0.1, -0.05) is 0 Å². The molecule has 2 fully saturated rings. The van der Waals surface area contributed by atoms with Crippen LogP contribution in [0.3, 0.4) is 0 Å². The molecule has 0 aliphatic carbocycles. The number of nitrogens with one attached hydrogen (secondary N) is 1. The Bertz CT molecular complexity index is 302. The Balaban J connectivity index is 2.10. The Hall–Kier alpha value is -0.820. The first-order valence-corrected chi connectivity index (χ1v) is 4.99. The summed E-state index contributed by atoms with van der Waals surface area (Å²) in [6.45, 7) is 1.83. The van der Waals surface area contributed by atoms with Gasteiger partial charge in [-0.25, -0.2) is 0 Å². The van der Waals surface area contributed by atoms with Gasteiger partial charge in [0.2, 0.25) is 0 Å². The molecule has 2 rings (SSSR count). The summed E-state index contributed by atoms with van der Waals surface area (Å²) < 4.78 is 41.9. The second kappa shape index (κ2) is 3.59. The number of ether oxygens (including phenoxy) is 1. The second-order valence-corrected chi connectivity index (χ2v) is 4.42. The van der Waals surface area contributed by atoms with E-state index in [0.717, 1.165) is 4.90 Å². The lowest BCUT2D eigenvalue weighted by Crippen LogP contribution is -2.59. The number of hydrogen-bond donors (Lipinski definition) is 1. The molecule has 0 radical (unpaired) electrons. The second-order valence-electron chi connectivity index (χ2n) is 4.42. The predicted molar refractivity (Wildman–Crippen MR) is 48.7 cm³/mol. The molecule has 0 bridgehead atoms. The highest BCUT2D eigenvalue weighted by molar-refractivity contribution is 5.82. The third kappa shape index (κ3) is 1.67. The van der Waals surface area contributed by atoms with E-state index in [-0.39, 0.29) is 5.41 Å². The summed E-state index contributed by atoms with van der Waals surface area (Å²) in [7, 11) is 1.20. The van der Waals surface area contributed by atoms with Gasteiger partial charge in [0.1, 0.15) is 0 Å². The lowest BCUT2D eigenvalue weighted by atomic mass is 9.80. The maximum absolute atomic E-state index is 12.3. The van der Waals surface area contributed by atoms with E-state index < -0.39 is 18.1 Å². The molecule has 0 saturated carbocycles. The molecule has 1 atom stereocenters. The zero-order valence-corrected chi connectivity index (χ0v) is 8.80. The zero-order valence-electron chi connectivity index (χ0n) is 8.80. The van der Waals surface area contributed by atoms with E-state index in [2.05, 4.69) is 5.32 Å². The Morgan fingerprint density at radius 3 is 2.56 bits per heavy atom. The van der Waals surface area contributed by atoms with Crippen LogP contribution >= 0.6 is 0 Å². The van der Waals surface area contributed by atoms with Crippen molar-refractivity contribution < 1.29 is 22.7 Å². The maximum Gasteiger partial charge on any atom is 0.471 e. The van der Waals surface area contributed by atoms with Crippen molar-refractivity contribution in [3.63, 3.8) is 0 Å². The molecule has 2 aliphatic rings. The van der Waals surface area contributed by atoms with Crippen LogP contribution in [-0.4, -0.2) is 56.4 Å². The maximum atomic E-state index is 12.3. The van der Waals surface area contributed by atoms with Crippen molar-refractivity contribution in [2.75, 3.05) is 33.4 Å². The van der Waals surface area contributed by atoms with Crippen LogP contribution in [0.25, 0.3) is 0 Å². The van der Waals surface area contributed by atoms with Gasteiger partial charge in [0.05, 0.1) is 24.7 Å². The molecule has 1 amide bonds. The fraction of sp³-hybridized carbons (Fsp3) is 0.889. The third-order valence-corrected chi connectivity index (χ3v) is 3.33. The number of carbonyl (C=O) groups is 1. The minimum Gasteiger partial charge on any atom is -0.380 e. The molecule has 2 heterocycles. The van der Waals surface area contributed by atoms with Crippen molar-refractivity contribution in [2.45, 2.75) is 12.2 Å². The van der Waals surface area contributed by atoms with Crippen LogP contribution in [0.1, 0.15) is 0 Å². The molecule has 4 nitrogen and oxygen atoms in total. The molecular weight excluding hydrogens is 225 g/mol. The number of nitrogens with zero attached hydrogens (tertiary/aromatic N) is 1. The minimum atomic E-state index is -4.80. The largest absolute Gasteiger partial charge is 0.471 e. The molecule has 7 heteroatoms. The first kappa shape index (κ1) is 11.7. The quantitative estimate of drug-likeness (QED) is 0.699. The molecule has 2 saturated heterocycles.